The van der Waals surface area contributed by atoms with Gasteiger partial charge in [0, 0.05) is 32.3 Å². The molecule has 0 amide bonds. The molecule has 0 aliphatic carbocycles. The van der Waals surface area contributed by atoms with Gasteiger partial charge in [0.05, 0.1) is 6.10 Å². The molecule has 16 heavy (non-hydrogen) atoms. The largest absolute Gasteiger partial charge is 0.378 e. The normalized spacial score (nSPS) is 21.2. The molecule has 0 saturated carbocycles. The second-order valence-corrected chi connectivity index (χ2v) is 5.35. The number of rotatable bonds is 7. The van der Waals surface area contributed by atoms with Crippen LogP contribution in [0.3, 0.4) is 0 Å². The van der Waals surface area contributed by atoms with Gasteiger partial charge >= 0.3 is 0 Å². The van der Waals surface area contributed by atoms with Crippen LogP contribution in [0.4, 0.5) is 0 Å². The summed E-state index contributed by atoms with van der Waals surface area (Å²) in [6.45, 7) is 6.02. The summed E-state index contributed by atoms with van der Waals surface area (Å²) in [7, 11) is 0. The van der Waals surface area contributed by atoms with E-state index in [9.17, 15) is 0 Å². The minimum atomic E-state index is 0.486. The first-order chi connectivity index (χ1) is 7.81. The molecule has 1 heterocycles. The summed E-state index contributed by atoms with van der Waals surface area (Å²) in [5.41, 5.74) is 5.86. The summed E-state index contributed by atoms with van der Waals surface area (Å²) < 4.78 is 5.66. The SMILES string of the molecule is CCOC1CCN(C(CN)CCSC)CC1. The van der Waals surface area contributed by atoms with Crippen molar-refractivity contribution in [2.45, 2.75) is 38.3 Å². The maximum absolute atomic E-state index is 5.86. The molecule has 0 radical (unpaired) electrons. The minimum Gasteiger partial charge on any atom is -0.378 e. The van der Waals surface area contributed by atoms with Crippen LogP contribution in [0.25, 0.3) is 0 Å². The van der Waals surface area contributed by atoms with Crippen molar-refractivity contribution in [3.8, 4) is 0 Å². The van der Waals surface area contributed by atoms with Crippen LogP contribution in [0, 0.1) is 0 Å². The maximum atomic E-state index is 5.86. The van der Waals surface area contributed by atoms with E-state index >= 15 is 0 Å². The van der Waals surface area contributed by atoms with Gasteiger partial charge < -0.3 is 10.5 Å². The molecule has 4 heteroatoms. The van der Waals surface area contributed by atoms with Crippen LogP contribution >= 0.6 is 11.8 Å². The first kappa shape index (κ1) is 14.3. The zero-order chi connectivity index (χ0) is 11.8. The van der Waals surface area contributed by atoms with Gasteiger partial charge in [0.2, 0.25) is 0 Å². The molecule has 0 bridgehead atoms. The second-order valence-electron chi connectivity index (χ2n) is 4.36. The topological polar surface area (TPSA) is 38.5 Å². The summed E-state index contributed by atoms with van der Waals surface area (Å²) in [6, 6.07) is 0.579. The van der Waals surface area contributed by atoms with E-state index in [0.29, 0.717) is 12.1 Å². The molecule has 0 aromatic carbocycles. The molecule has 0 spiro atoms. The Labute approximate surface area is 104 Å². The van der Waals surface area contributed by atoms with Crippen LogP contribution in [0.1, 0.15) is 26.2 Å². The molecule has 1 saturated heterocycles. The Morgan fingerprint density at radius 2 is 2.12 bits per heavy atom. The number of ether oxygens (including phenoxy) is 1. The van der Waals surface area contributed by atoms with Crippen LogP contribution < -0.4 is 5.73 Å². The average Bonchev–Trinajstić information content (AvgIpc) is 2.32. The highest BCUT2D eigenvalue weighted by Gasteiger charge is 2.23. The Hall–Kier alpha value is 0.230. The molecule has 0 aromatic heterocycles. The van der Waals surface area contributed by atoms with E-state index in [4.69, 9.17) is 10.5 Å². The number of nitrogens with zero attached hydrogens (tertiary/aromatic N) is 1. The molecule has 3 nitrogen and oxygen atoms in total. The lowest BCUT2D eigenvalue weighted by atomic mass is 10.0. The van der Waals surface area contributed by atoms with Crippen molar-refractivity contribution in [3.63, 3.8) is 0 Å². The Balaban J connectivity index is 2.27. The number of thioether (sulfide) groups is 1. The van der Waals surface area contributed by atoms with E-state index in [0.717, 1.165) is 26.2 Å². The molecule has 1 unspecified atom stereocenters. The van der Waals surface area contributed by atoms with Crippen molar-refractivity contribution >= 4 is 11.8 Å². The molecule has 1 atom stereocenters. The van der Waals surface area contributed by atoms with Crippen LogP contribution in [0.5, 0.6) is 0 Å². The fourth-order valence-electron chi connectivity index (χ4n) is 2.35. The fraction of sp³-hybridized carbons (Fsp3) is 1.00. The van der Waals surface area contributed by atoms with Crippen LogP contribution in [-0.4, -0.2) is 55.3 Å². The molecule has 0 aromatic rings. The summed E-state index contributed by atoms with van der Waals surface area (Å²) >= 11 is 1.91. The predicted octanol–water partition coefficient (Wildman–Crippen LogP) is 1.57. The molecular weight excluding hydrogens is 220 g/mol. The third-order valence-corrected chi connectivity index (χ3v) is 3.97. The Kier molecular flexibility index (Phi) is 7.45. The highest BCUT2D eigenvalue weighted by Crippen LogP contribution is 2.17. The van der Waals surface area contributed by atoms with Crippen molar-refractivity contribution in [3.05, 3.63) is 0 Å². The van der Waals surface area contributed by atoms with Gasteiger partial charge in [0.1, 0.15) is 0 Å². The molecule has 1 aliphatic heterocycles. The van der Waals surface area contributed by atoms with Crippen LogP contribution in [0.2, 0.25) is 0 Å². The number of hydrogen-bond acceptors (Lipinski definition) is 4. The Bertz CT molecular complexity index is 172. The van der Waals surface area contributed by atoms with Gasteiger partial charge in [-0.2, -0.15) is 11.8 Å². The van der Waals surface area contributed by atoms with Gasteiger partial charge in [0.25, 0.3) is 0 Å². The highest BCUT2D eigenvalue weighted by molar-refractivity contribution is 7.98. The minimum absolute atomic E-state index is 0.486. The Morgan fingerprint density at radius 1 is 1.44 bits per heavy atom. The van der Waals surface area contributed by atoms with Gasteiger partial charge in [-0.15, -0.1) is 0 Å². The molecule has 2 N–H and O–H groups in total. The second kappa shape index (κ2) is 8.34. The Morgan fingerprint density at radius 3 is 2.62 bits per heavy atom. The summed E-state index contributed by atoms with van der Waals surface area (Å²) in [5.74, 6) is 1.22. The molecular formula is C12H26N2OS. The van der Waals surface area contributed by atoms with Crippen molar-refractivity contribution < 1.29 is 4.74 Å². The zero-order valence-corrected chi connectivity index (χ0v) is 11.5. The summed E-state index contributed by atoms with van der Waals surface area (Å²) in [6.07, 6.45) is 6.21. The molecule has 96 valence electrons. The molecule has 1 rings (SSSR count). The fourth-order valence-corrected chi connectivity index (χ4v) is 2.85. The average molecular weight is 246 g/mol. The lowest BCUT2D eigenvalue weighted by molar-refractivity contribution is 0.00458. The lowest BCUT2D eigenvalue weighted by Crippen LogP contribution is -2.46. The van der Waals surface area contributed by atoms with Crippen molar-refractivity contribution in [2.24, 2.45) is 5.73 Å². The quantitative estimate of drug-likeness (QED) is 0.740. The van der Waals surface area contributed by atoms with Crippen molar-refractivity contribution in [1.29, 1.82) is 0 Å². The standard InChI is InChI=1S/C12H26N2OS/c1-3-15-12-4-7-14(8-5-12)11(10-13)6-9-16-2/h11-12H,3-10,13H2,1-2H3. The summed E-state index contributed by atoms with van der Waals surface area (Å²) in [5, 5.41) is 0. The zero-order valence-electron chi connectivity index (χ0n) is 10.7. The predicted molar refractivity (Wildman–Crippen MR) is 72.1 cm³/mol. The van der Waals surface area contributed by atoms with E-state index < -0.39 is 0 Å². The van der Waals surface area contributed by atoms with Crippen LogP contribution in [0.15, 0.2) is 0 Å². The van der Waals surface area contributed by atoms with E-state index in [1.165, 1.54) is 25.0 Å². The first-order valence-corrected chi connectivity index (χ1v) is 7.75. The number of nitrogens with two attached hydrogens (primary N) is 1. The molecule has 1 aliphatic rings. The van der Waals surface area contributed by atoms with Gasteiger partial charge in [0.15, 0.2) is 0 Å². The van der Waals surface area contributed by atoms with Crippen LogP contribution in [-0.2, 0) is 4.74 Å². The number of piperidine rings is 1. The van der Waals surface area contributed by atoms with E-state index in [1.54, 1.807) is 0 Å². The molecule has 1 fully saturated rings. The smallest absolute Gasteiger partial charge is 0.0599 e. The van der Waals surface area contributed by atoms with Crippen molar-refractivity contribution in [1.82, 2.24) is 4.90 Å². The highest BCUT2D eigenvalue weighted by atomic mass is 32.2. The van der Waals surface area contributed by atoms with E-state index in [1.807, 2.05) is 11.8 Å². The summed E-state index contributed by atoms with van der Waals surface area (Å²) in [4.78, 5) is 2.55. The third kappa shape index (κ3) is 4.62. The maximum Gasteiger partial charge on any atom is 0.0599 e. The van der Waals surface area contributed by atoms with Gasteiger partial charge in [-0.05, 0) is 38.2 Å². The first-order valence-electron chi connectivity index (χ1n) is 6.36. The third-order valence-electron chi connectivity index (χ3n) is 3.32. The van der Waals surface area contributed by atoms with E-state index in [-0.39, 0.29) is 0 Å². The lowest BCUT2D eigenvalue weighted by Gasteiger charge is -2.37. The van der Waals surface area contributed by atoms with Gasteiger partial charge in [-0.1, -0.05) is 0 Å². The monoisotopic (exact) mass is 246 g/mol. The van der Waals surface area contributed by atoms with Crippen molar-refractivity contribution in [2.75, 3.05) is 38.2 Å². The van der Waals surface area contributed by atoms with Gasteiger partial charge in [-0.25, -0.2) is 0 Å². The number of hydrogen-bond donors (Lipinski definition) is 1. The number of likely N-dealkylation sites (tertiary alicyclic amines) is 1. The van der Waals surface area contributed by atoms with E-state index in [2.05, 4.69) is 18.1 Å². The van der Waals surface area contributed by atoms with Gasteiger partial charge in [-0.3, -0.25) is 4.90 Å².